The van der Waals surface area contributed by atoms with Crippen LogP contribution < -0.4 is 0 Å². The highest BCUT2D eigenvalue weighted by atomic mass is 16.2. The molecule has 6 heteroatoms. The summed E-state index contributed by atoms with van der Waals surface area (Å²) in [5.41, 5.74) is 0.458. The van der Waals surface area contributed by atoms with Crippen molar-refractivity contribution < 1.29 is 9.59 Å². The largest absolute Gasteiger partial charge is 0.349 e. The zero-order valence-corrected chi connectivity index (χ0v) is 11.7. The first-order valence-electron chi connectivity index (χ1n) is 6.56. The highest BCUT2D eigenvalue weighted by molar-refractivity contribution is 5.93. The third kappa shape index (κ3) is 2.77. The first-order valence-corrected chi connectivity index (χ1v) is 6.56. The summed E-state index contributed by atoms with van der Waals surface area (Å²) >= 11 is 0. The monoisotopic (exact) mass is 264 g/mol. The highest BCUT2D eigenvalue weighted by Gasteiger charge is 2.32. The van der Waals surface area contributed by atoms with E-state index in [1.807, 2.05) is 6.92 Å². The Morgan fingerprint density at radius 2 is 2.21 bits per heavy atom. The van der Waals surface area contributed by atoms with Crippen LogP contribution in [0, 0.1) is 5.92 Å². The van der Waals surface area contributed by atoms with Crippen LogP contribution in [0.3, 0.4) is 0 Å². The number of aromatic nitrogens is 2. The summed E-state index contributed by atoms with van der Waals surface area (Å²) < 4.78 is 1.73. The Kier molecular flexibility index (Phi) is 3.87. The lowest BCUT2D eigenvalue weighted by Crippen LogP contribution is -2.34. The number of hydrogen-bond acceptors (Lipinski definition) is 3. The van der Waals surface area contributed by atoms with Crippen LogP contribution in [0.2, 0.25) is 0 Å². The quantitative estimate of drug-likeness (QED) is 0.796. The average Bonchev–Trinajstić information content (AvgIpc) is 3.05. The molecule has 0 N–H and O–H groups in total. The molecule has 0 bridgehead atoms. The first kappa shape index (κ1) is 13.6. The molecule has 19 heavy (non-hydrogen) atoms. The van der Waals surface area contributed by atoms with Crippen molar-refractivity contribution >= 4 is 11.8 Å². The summed E-state index contributed by atoms with van der Waals surface area (Å²) in [7, 11) is 3.49. The lowest BCUT2D eigenvalue weighted by Gasteiger charge is -2.17. The molecule has 2 rings (SSSR count). The normalized spacial score (nSPS) is 18.7. The Labute approximate surface area is 113 Å². The smallest absolute Gasteiger partial charge is 0.274 e. The van der Waals surface area contributed by atoms with Crippen molar-refractivity contribution in [2.45, 2.75) is 19.9 Å². The van der Waals surface area contributed by atoms with Gasteiger partial charge in [-0.15, -0.1) is 0 Å². The molecule has 6 nitrogen and oxygen atoms in total. The van der Waals surface area contributed by atoms with Crippen LogP contribution in [0.25, 0.3) is 0 Å². The van der Waals surface area contributed by atoms with E-state index < -0.39 is 0 Å². The fraction of sp³-hybridized carbons (Fsp3) is 0.615. The fourth-order valence-electron chi connectivity index (χ4n) is 2.33. The minimum Gasteiger partial charge on any atom is -0.349 e. The SMILES string of the molecule is CCn1ccc(C(=O)N2CC[C@H](C(=O)N(C)C)C2)n1. The van der Waals surface area contributed by atoms with Crippen molar-refractivity contribution in [3.8, 4) is 0 Å². The molecule has 1 aromatic rings. The van der Waals surface area contributed by atoms with Crippen molar-refractivity contribution in [1.82, 2.24) is 19.6 Å². The number of rotatable bonds is 3. The third-order valence-corrected chi connectivity index (χ3v) is 3.45. The van der Waals surface area contributed by atoms with Crippen molar-refractivity contribution in [2.24, 2.45) is 5.92 Å². The molecule has 1 aromatic heterocycles. The number of hydrogen-bond donors (Lipinski definition) is 0. The first-order chi connectivity index (χ1) is 9.02. The molecule has 0 spiro atoms. The molecule has 2 heterocycles. The van der Waals surface area contributed by atoms with E-state index >= 15 is 0 Å². The Bertz CT molecular complexity index is 481. The second-order valence-corrected chi connectivity index (χ2v) is 5.03. The highest BCUT2D eigenvalue weighted by Crippen LogP contribution is 2.19. The maximum Gasteiger partial charge on any atom is 0.274 e. The van der Waals surface area contributed by atoms with E-state index in [9.17, 15) is 9.59 Å². The summed E-state index contributed by atoms with van der Waals surface area (Å²) in [5.74, 6) is -0.0668. The Morgan fingerprint density at radius 1 is 1.47 bits per heavy atom. The van der Waals surface area contributed by atoms with Crippen LogP contribution in [0.4, 0.5) is 0 Å². The maximum atomic E-state index is 12.2. The van der Waals surface area contributed by atoms with Gasteiger partial charge in [-0.3, -0.25) is 14.3 Å². The molecule has 104 valence electrons. The molecule has 1 aliphatic heterocycles. The second-order valence-electron chi connectivity index (χ2n) is 5.03. The molecule has 1 aliphatic rings. The molecule has 1 fully saturated rings. The number of carbonyl (C=O) groups excluding carboxylic acids is 2. The number of amides is 2. The van der Waals surface area contributed by atoms with Gasteiger partial charge in [0.05, 0.1) is 5.92 Å². The molecule has 0 saturated carbocycles. The van der Waals surface area contributed by atoms with Crippen molar-refractivity contribution in [3.63, 3.8) is 0 Å². The van der Waals surface area contributed by atoms with Crippen LogP contribution >= 0.6 is 0 Å². The zero-order valence-electron chi connectivity index (χ0n) is 11.7. The topological polar surface area (TPSA) is 58.4 Å². The molecule has 1 atom stereocenters. The summed E-state index contributed by atoms with van der Waals surface area (Å²) in [4.78, 5) is 27.4. The van der Waals surface area contributed by atoms with Gasteiger partial charge in [-0.05, 0) is 19.4 Å². The van der Waals surface area contributed by atoms with Gasteiger partial charge in [0.1, 0.15) is 5.69 Å². The van der Waals surface area contributed by atoms with Gasteiger partial charge in [0.15, 0.2) is 0 Å². The standard InChI is InChI=1S/C13H20N4O2/c1-4-17-8-6-11(14-17)13(19)16-7-5-10(9-16)12(18)15(2)3/h6,8,10H,4-5,7,9H2,1-3H3/t10-/m0/s1. The molecule has 2 amide bonds. The van der Waals surface area contributed by atoms with Gasteiger partial charge >= 0.3 is 0 Å². The van der Waals surface area contributed by atoms with Crippen LogP contribution in [0.15, 0.2) is 12.3 Å². The van der Waals surface area contributed by atoms with E-state index in [2.05, 4.69) is 5.10 Å². The predicted molar refractivity (Wildman–Crippen MR) is 70.6 cm³/mol. The molecular formula is C13H20N4O2. The average molecular weight is 264 g/mol. The minimum absolute atomic E-state index is 0.0767. The molecule has 0 unspecified atom stereocenters. The summed E-state index contributed by atoms with van der Waals surface area (Å²) in [6.07, 6.45) is 2.53. The van der Waals surface area contributed by atoms with Crippen molar-refractivity contribution in [1.29, 1.82) is 0 Å². The second kappa shape index (κ2) is 5.42. The molecule has 0 aliphatic carbocycles. The molecule has 1 saturated heterocycles. The predicted octanol–water partition coefficient (Wildman–Crippen LogP) is 0.453. The summed E-state index contributed by atoms with van der Waals surface area (Å²) in [6.45, 7) is 3.84. The van der Waals surface area contributed by atoms with E-state index in [0.29, 0.717) is 18.8 Å². The van der Waals surface area contributed by atoms with Gasteiger partial charge in [0, 0.05) is 39.9 Å². The van der Waals surface area contributed by atoms with Crippen LogP contribution in [0.1, 0.15) is 23.8 Å². The Balaban J connectivity index is 2.00. The summed E-state index contributed by atoms with van der Waals surface area (Å²) in [6, 6.07) is 1.73. The molecular weight excluding hydrogens is 244 g/mol. The lowest BCUT2D eigenvalue weighted by molar-refractivity contribution is -0.132. The number of aryl methyl sites for hydroxylation is 1. The number of nitrogens with zero attached hydrogens (tertiary/aromatic N) is 4. The third-order valence-electron chi connectivity index (χ3n) is 3.45. The van der Waals surface area contributed by atoms with Crippen LogP contribution in [0.5, 0.6) is 0 Å². The van der Waals surface area contributed by atoms with E-state index in [4.69, 9.17) is 0 Å². The molecule has 0 aromatic carbocycles. The Hall–Kier alpha value is -1.85. The van der Waals surface area contributed by atoms with Gasteiger partial charge in [-0.2, -0.15) is 5.10 Å². The fourth-order valence-corrected chi connectivity index (χ4v) is 2.33. The van der Waals surface area contributed by atoms with Gasteiger partial charge in [-0.25, -0.2) is 0 Å². The number of likely N-dealkylation sites (tertiary alicyclic amines) is 1. The Morgan fingerprint density at radius 3 is 2.79 bits per heavy atom. The van der Waals surface area contributed by atoms with Gasteiger partial charge in [0.25, 0.3) is 5.91 Å². The van der Waals surface area contributed by atoms with E-state index in [1.165, 1.54) is 0 Å². The van der Waals surface area contributed by atoms with Gasteiger partial charge in [0.2, 0.25) is 5.91 Å². The maximum absolute atomic E-state index is 12.2. The minimum atomic E-state index is -0.0822. The van der Waals surface area contributed by atoms with Crippen LogP contribution in [-0.2, 0) is 11.3 Å². The number of carbonyl (C=O) groups is 2. The van der Waals surface area contributed by atoms with E-state index in [1.54, 1.807) is 40.8 Å². The van der Waals surface area contributed by atoms with E-state index in [0.717, 1.165) is 13.0 Å². The summed E-state index contributed by atoms with van der Waals surface area (Å²) in [5, 5.41) is 4.21. The van der Waals surface area contributed by atoms with Gasteiger partial charge in [-0.1, -0.05) is 0 Å². The van der Waals surface area contributed by atoms with Gasteiger partial charge < -0.3 is 9.80 Å². The van der Waals surface area contributed by atoms with E-state index in [-0.39, 0.29) is 17.7 Å². The lowest BCUT2D eigenvalue weighted by atomic mass is 10.1. The zero-order chi connectivity index (χ0) is 14.0. The van der Waals surface area contributed by atoms with Crippen molar-refractivity contribution in [3.05, 3.63) is 18.0 Å². The van der Waals surface area contributed by atoms with Crippen molar-refractivity contribution in [2.75, 3.05) is 27.2 Å². The van der Waals surface area contributed by atoms with Crippen LogP contribution in [-0.4, -0.2) is 58.6 Å². The molecule has 0 radical (unpaired) electrons.